The van der Waals surface area contributed by atoms with Crippen LogP contribution in [0.5, 0.6) is 0 Å². The molecular weight excluding hydrogens is 436 g/mol. The predicted molar refractivity (Wildman–Crippen MR) is 113 cm³/mol. The van der Waals surface area contributed by atoms with Crippen LogP contribution in [0, 0.1) is 5.92 Å². The number of carbonyl (C=O) groups is 3. The monoisotopic (exact) mass is 450 g/mol. The first-order chi connectivity index (χ1) is 15.4. The van der Waals surface area contributed by atoms with Gasteiger partial charge in [0, 0.05) is 22.2 Å². The Kier molecular flexibility index (Phi) is 4.82. The normalized spacial score (nSPS) is 17.7. The van der Waals surface area contributed by atoms with Gasteiger partial charge in [0.15, 0.2) is 5.78 Å². The number of benzene rings is 1. The first-order valence-corrected chi connectivity index (χ1v) is 10.2. The average Bonchev–Trinajstić information content (AvgIpc) is 3.31. The Morgan fingerprint density at radius 2 is 2.06 bits per heavy atom. The average molecular weight is 451 g/mol. The lowest BCUT2D eigenvalue weighted by molar-refractivity contribution is -0.140. The Morgan fingerprint density at radius 3 is 2.91 bits per heavy atom. The molecule has 3 aromatic rings. The summed E-state index contributed by atoms with van der Waals surface area (Å²) in [7, 11) is 0. The van der Waals surface area contributed by atoms with Crippen LogP contribution in [0.3, 0.4) is 0 Å². The second-order valence-electron chi connectivity index (χ2n) is 7.52. The summed E-state index contributed by atoms with van der Waals surface area (Å²) in [6.07, 6.45) is 7.41. The van der Waals surface area contributed by atoms with E-state index in [0.717, 1.165) is 0 Å². The molecular formula is C22H15ClN4O5. The van der Waals surface area contributed by atoms with Gasteiger partial charge in [-0.1, -0.05) is 29.0 Å². The summed E-state index contributed by atoms with van der Waals surface area (Å²) in [6, 6.07) is 6.24. The molecule has 0 bridgehead atoms. The minimum Gasteiger partial charge on any atom is -0.422 e. The zero-order chi connectivity index (χ0) is 22.4. The van der Waals surface area contributed by atoms with Crippen LogP contribution < -0.4 is 5.63 Å². The van der Waals surface area contributed by atoms with Gasteiger partial charge in [-0.05, 0) is 30.7 Å². The number of likely N-dealkylation sites (tertiary alicyclic amines) is 1. The van der Waals surface area contributed by atoms with Crippen LogP contribution in [0.1, 0.15) is 22.5 Å². The number of ketones is 2. The van der Waals surface area contributed by atoms with Gasteiger partial charge in [-0.25, -0.2) is 9.48 Å². The lowest BCUT2D eigenvalue weighted by atomic mass is 9.96. The van der Waals surface area contributed by atoms with E-state index in [4.69, 9.17) is 16.0 Å². The molecule has 2 aliphatic rings. The van der Waals surface area contributed by atoms with Crippen molar-refractivity contribution in [1.29, 1.82) is 0 Å². The Bertz CT molecular complexity index is 1420. The van der Waals surface area contributed by atoms with E-state index in [1.807, 2.05) is 12.2 Å². The summed E-state index contributed by atoms with van der Waals surface area (Å²) < 4.78 is 6.48. The SMILES string of the molecule is O=C(Cn1cc(CN2C(=O)C(=O)C3CC=CC=C32)nn1)c1cc2ccc(Cl)cc2oc1=O. The Labute approximate surface area is 185 Å². The van der Waals surface area contributed by atoms with Crippen LogP contribution in [0.2, 0.25) is 5.02 Å². The van der Waals surface area contributed by atoms with E-state index in [-0.39, 0.29) is 24.2 Å². The topological polar surface area (TPSA) is 115 Å². The largest absolute Gasteiger partial charge is 0.422 e. The third-order valence-corrected chi connectivity index (χ3v) is 5.66. The molecule has 0 radical (unpaired) electrons. The number of hydrogen-bond donors (Lipinski definition) is 0. The van der Waals surface area contributed by atoms with Crippen molar-refractivity contribution in [1.82, 2.24) is 19.9 Å². The summed E-state index contributed by atoms with van der Waals surface area (Å²) in [5.41, 5.74) is 0.461. The van der Waals surface area contributed by atoms with Crippen molar-refractivity contribution in [2.75, 3.05) is 0 Å². The molecule has 0 spiro atoms. The fraction of sp³-hybridized carbons (Fsp3) is 0.182. The molecule has 2 aromatic heterocycles. The second kappa shape index (κ2) is 7.69. The van der Waals surface area contributed by atoms with Gasteiger partial charge in [-0.2, -0.15) is 0 Å². The maximum atomic E-state index is 12.7. The number of halogens is 1. The van der Waals surface area contributed by atoms with Crippen LogP contribution in [0.4, 0.5) is 0 Å². The summed E-state index contributed by atoms with van der Waals surface area (Å²) >= 11 is 5.90. The number of amides is 1. The number of allylic oxidation sites excluding steroid dienone is 4. The number of aromatic nitrogens is 3. The quantitative estimate of drug-likeness (QED) is 0.332. The minimum atomic E-state index is -0.769. The Balaban J connectivity index is 1.34. The molecule has 1 atom stereocenters. The van der Waals surface area contributed by atoms with E-state index < -0.39 is 29.0 Å². The first-order valence-electron chi connectivity index (χ1n) is 9.79. The van der Waals surface area contributed by atoms with Crippen molar-refractivity contribution >= 4 is 40.0 Å². The highest BCUT2D eigenvalue weighted by Crippen LogP contribution is 2.32. The zero-order valence-corrected chi connectivity index (χ0v) is 17.3. The number of fused-ring (bicyclic) bond motifs is 2. The lowest BCUT2D eigenvalue weighted by Crippen LogP contribution is -2.26. The van der Waals surface area contributed by atoms with Gasteiger partial charge in [-0.3, -0.25) is 14.4 Å². The van der Waals surface area contributed by atoms with Crippen molar-refractivity contribution in [2.24, 2.45) is 5.92 Å². The molecule has 1 aromatic carbocycles. The van der Waals surface area contributed by atoms with Crippen LogP contribution in [-0.2, 0) is 22.7 Å². The molecule has 160 valence electrons. The van der Waals surface area contributed by atoms with Gasteiger partial charge < -0.3 is 9.32 Å². The van der Waals surface area contributed by atoms with E-state index in [1.54, 1.807) is 18.2 Å². The van der Waals surface area contributed by atoms with Crippen molar-refractivity contribution in [3.63, 3.8) is 0 Å². The molecule has 3 heterocycles. The molecule has 5 rings (SSSR count). The highest BCUT2D eigenvalue weighted by molar-refractivity contribution is 6.40. The standard InChI is InChI=1S/C22H15ClN4O5/c23-13-6-5-12-7-16(22(31)32-19(12)8-13)18(28)11-26-9-14(24-25-26)10-27-17-4-2-1-3-15(17)20(29)21(27)30/h1-2,4-9,15H,3,10-11H2. The highest BCUT2D eigenvalue weighted by atomic mass is 35.5. The van der Waals surface area contributed by atoms with Crippen LogP contribution in [-0.4, -0.2) is 37.4 Å². The fourth-order valence-corrected chi connectivity index (χ4v) is 4.02. The third kappa shape index (κ3) is 3.46. The van der Waals surface area contributed by atoms with Gasteiger partial charge >= 0.3 is 5.63 Å². The van der Waals surface area contributed by atoms with Crippen molar-refractivity contribution in [2.45, 2.75) is 19.5 Å². The molecule has 10 heteroatoms. The second-order valence-corrected chi connectivity index (χ2v) is 7.96. The van der Waals surface area contributed by atoms with E-state index in [0.29, 0.717) is 28.2 Å². The fourth-order valence-electron chi connectivity index (χ4n) is 3.86. The van der Waals surface area contributed by atoms with Gasteiger partial charge in [-0.15, -0.1) is 5.10 Å². The number of hydrogen-bond acceptors (Lipinski definition) is 7. The Hall–Kier alpha value is -3.85. The minimum absolute atomic E-state index is 0.0633. The number of nitrogens with zero attached hydrogens (tertiary/aromatic N) is 4. The van der Waals surface area contributed by atoms with Crippen molar-refractivity contribution in [3.05, 3.63) is 81.1 Å². The molecule has 1 unspecified atom stereocenters. The molecule has 9 nitrogen and oxygen atoms in total. The maximum Gasteiger partial charge on any atom is 0.347 e. The summed E-state index contributed by atoms with van der Waals surface area (Å²) in [6.45, 7) is -0.175. The number of rotatable bonds is 5. The van der Waals surface area contributed by atoms with Crippen LogP contribution >= 0.6 is 11.6 Å². The van der Waals surface area contributed by atoms with Crippen molar-refractivity contribution < 1.29 is 18.8 Å². The maximum absolute atomic E-state index is 12.7. The molecule has 1 saturated heterocycles. The van der Waals surface area contributed by atoms with Gasteiger partial charge in [0.1, 0.15) is 23.4 Å². The third-order valence-electron chi connectivity index (χ3n) is 5.43. The van der Waals surface area contributed by atoms with E-state index in [9.17, 15) is 19.2 Å². The number of carbonyl (C=O) groups excluding carboxylic acids is 3. The summed E-state index contributed by atoms with van der Waals surface area (Å²) in [4.78, 5) is 50.9. The van der Waals surface area contributed by atoms with E-state index in [2.05, 4.69) is 10.3 Å². The van der Waals surface area contributed by atoms with Crippen LogP contribution in [0.15, 0.2) is 63.6 Å². The molecule has 0 N–H and O–H groups in total. The number of Topliss-reactive ketones (excluding diaryl/α,β-unsaturated/α-hetero) is 2. The van der Waals surface area contributed by atoms with Gasteiger partial charge in [0.2, 0.25) is 5.78 Å². The van der Waals surface area contributed by atoms with E-state index in [1.165, 1.54) is 27.9 Å². The molecule has 1 aliphatic heterocycles. The lowest BCUT2D eigenvalue weighted by Gasteiger charge is -2.18. The van der Waals surface area contributed by atoms with Crippen molar-refractivity contribution in [3.8, 4) is 0 Å². The molecule has 32 heavy (non-hydrogen) atoms. The smallest absolute Gasteiger partial charge is 0.347 e. The predicted octanol–water partition coefficient (Wildman–Crippen LogP) is 2.29. The highest BCUT2D eigenvalue weighted by Gasteiger charge is 2.43. The van der Waals surface area contributed by atoms with Gasteiger partial charge in [0.05, 0.1) is 18.7 Å². The Morgan fingerprint density at radius 1 is 1.22 bits per heavy atom. The first kappa shape index (κ1) is 20.1. The van der Waals surface area contributed by atoms with Crippen LogP contribution in [0.25, 0.3) is 11.0 Å². The van der Waals surface area contributed by atoms with Gasteiger partial charge in [0.25, 0.3) is 5.91 Å². The molecule has 1 aliphatic carbocycles. The molecule has 1 fully saturated rings. The zero-order valence-electron chi connectivity index (χ0n) is 16.5. The van der Waals surface area contributed by atoms with E-state index >= 15 is 0 Å². The molecule has 1 amide bonds. The summed E-state index contributed by atoms with van der Waals surface area (Å²) in [5.74, 6) is -1.97. The molecule has 0 saturated carbocycles. The summed E-state index contributed by atoms with van der Waals surface area (Å²) in [5, 5.41) is 8.90.